The van der Waals surface area contributed by atoms with Crippen LogP contribution in [-0.4, -0.2) is 24.3 Å². The predicted octanol–water partition coefficient (Wildman–Crippen LogP) is 6.29. The number of hydrogen-bond donors (Lipinski definition) is 0. The van der Waals surface area contributed by atoms with E-state index in [0.29, 0.717) is 29.0 Å². The highest BCUT2D eigenvalue weighted by atomic mass is 79.9. The quantitative estimate of drug-likeness (QED) is 0.140. The van der Waals surface area contributed by atoms with E-state index in [0.717, 1.165) is 15.8 Å². The Labute approximate surface area is 216 Å². The molecule has 0 saturated carbocycles. The van der Waals surface area contributed by atoms with Gasteiger partial charge in [0.25, 0.3) is 0 Å². The van der Waals surface area contributed by atoms with E-state index in [4.69, 9.17) is 14.2 Å². The molecule has 6 nitrogen and oxygen atoms in total. The second kappa shape index (κ2) is 12.0. The van der Waals surface area contributed by atoms with Crippen molar-refractivity contribution in [3.8, 4) is 11.5 Å². The average molecular weight is 545 g/mol. The molecule has 0 unspecified atom stereocenters. The molecule has 4 rings (SSSR count). The van der Waals surface area contributed by atoms with E-state index in [2.05, 4.69) is 15.9 Å². The number of benzene rings is 4. The summed E-state index contributed by atoms with van der Waals surface area (Å²) in [5.74, 6) is -0.417. The first kappa shape index (κ1) is 24.9. The molecule has 0 heterocycles. The van der Waals surface area contributed by atoms with Crippen molar-refractivity contribution in [3.05, 3.63) is 130 Å². The number of carbonyl (C=O) groups is 3. The minimum absolute atomic E-state index is 0.307. The van der Waals surface area contributed by atoms with Gasteiger partial charge >= 0.3 is 11.9 Å². The number of halogens is 1. The van der Waals surface area contributed by atoms with Crippen molar-refractivity contribution >= 4 is 33.7 Å². The van der Waals surface area contributed by atoms with Crippen LogP contribution in [-0.2, 0) is 11.3 Å². The summed E-state index contributed by atoms with van der Waals surface area (Å²) in [5.41, 5.74) is 1.98. The Hall–Kier alpha value is -4.23. The van der Waals surface area contributed by atoms with Crippen LogP contribution >= 0.6 is 15.9 Å². The predicted molar refractivity (Wildman–Crippen MR) is 137 cm³/mol. The Morgan fingerprint density at radius 1 is 0.611 bits per heavy atom. The van der Waals surface area contributed by atoms with E-state index in [-0.39, 0.29) is 5.78 Å². The Balaban J connectivity index is 1.25. The maximum atomic E-state index is 12.4. The highest BCUT2D eigenvalue weighted by molar-refractivity contribution is 9.10. The smallest absolute Gasteiger partial charge is 0.343 e. The number of rotatable bonds is 9. The largest absolute Gasteiger partial charge is 0.489 e. The van der Waals surface area contributed by atoms with E-state index in [1.165, 1.54) is 24.3 Å². The summed E-state index contributed by atoms with van der Waals surface area (Å²) in [7, 11) is 0. The van der Waals surface area contributed by atoms with Gasteiger partial charge in [-0.05, 0) is 78.4 Å². The lowest BCUT2D eigenvalue weighted by atomic mass is 10.1. The third-order valence-electron chi connectivity index (χ3n) is 5.14. The van der Waals surface area contributed by atoms with E-state index in [1.54, 1.807) is 54.6 Å². The lowest BCUT2D eigenvalue weighted by Gasteiger charge is -2.08. The van der Waals surface area contributed by atoms with Gasteiger partial charge in [0.15, 0.2) is 12.4 Å². The molecule has 0 saturated heterocycles. The molecule has 0 aliphatic heterocycles. The van der Waals surface area contributed by atoms with E-state index >= 15 is 0 Å². The van der Waals surface area contributed by atoms with E-state index in [9.17, 15) is 14.4 Å². The van der Waals surface area contributed by atoms with Crippen LogP contribution < -0.4 is 9.47 Å². The molecule has 0 atom stereocenters. The molecule has 0 bridgehead atoms. The number of hydrogen-bond acceptors (Lipinski definition) is 6. The van der Waals surface area contributed by atoms with Gasteiger partial charge in [0.05, 0.1) is 11.1 Å². The third kappa shape index (κ3) is 6.90. The van der Waals surface area contributed by atoms with Crippen molar-refractivity contribution in [2.24, 2.45) is 0 Å². The summed E-state index contributed by atoms with van der Waals surface area (Å²) >= 11 is 3.38. The maximum Gasteiger partial charge on any atom is 0.343 e. The van der Waals surface area contributed by atoms with Crippen LogP contribution in [0.2, 0.25) is 0 Å². The molecule has 7 heteroatoms. The van der Waals surface area contributed by atoms with Gasteiger partial charge in [-0.1, -0.05) is 46.3 Å². The van der Waals surface area contributed by atoms with E-state index in [1.807, 2.05) is 24.3 Å². The van der Waals surface area contributed by atoms with Crippen molar-refractivity contribution in [2.45, 2.75) is 6.61 Å². The minimum atomic E-state index is -0.600. The van der Waals surface area contributed by atoms with Crippen molar-refractivity contribution in [1.82, 2.24) is 0 Å². The summed E-state index contributed by atoms with van der Waals surface area (Å²) < 4.78 is 17.2. The normalized spacial score (nSPS) is 10.4. The Bertz CT molecular complexity index is 1330. The number of ketones is 1. The standard InChI is InChI=1S/C29H21BrO6/c30-24-12-16-25(17-13-24)34-18-20-6-8-23(9-7-20)28(32)35-19-27(31)21-10-14-26(15-11-21)36-29(33)22-4-2-1-3-5-22/h1-17H,18-19H2. The van der Waals surface area contributed by atoms with Gasteiger partial charge in [-0.15, -0.1) is 0 Å². The first-order valence-corrected chi connectivity index (χ1v) is 11.8. The van der Waals surface area contributed by atoms with E-state index < -0.39 is 18.5 Å². The Morgan fingerprint density at radius 2 is 1.19 bits per heavy atom. The average Bonchev–Trinajstić information content (AvgIpc) is 2.92. The zero-order valence-electron chi connectivity index (χ0n) is 19.1. The van der Waals surface area contributed by atoms with Gasteiger partial charge in [-0.2, -0.15) is 0 Å². The summed E-state index contributed by atoms with van der Waals surface area (Å²) in [5, 5.41) is 0. The second-order valence-corrected chi connectivity index (χ2v) is 8.63. The van der Waals surface area contributed by atoms with Crippen LogP contribution in [0.3, 0.4) is 0 Å². The number of esters is 2. The fourth-order valence-corrected chi connectivity index (χ4v) is 3.45. The van der Waals surface area contributed by atoms with Gasteiger partial charge in [0.2, 0.25) is 0 Å². The second-order valence-electron chi connectivity index (χ2n) is 7.72. The molecule has 0 aromatic heterocycles. The van der Waals surface area contributed by atoms with Crippen LogP contribution in [0.4, 0.5) is 0 Å². The molecule has 180 valence electrons. The van der Waals surface area contributed by atoms with Crippen LogP contribution in [0.5, 0.6) is 11.5 Å². The molecular formula is C29H21BrO6. The van der Waals surface area contributed by atoms with Crippen LogP contribution in [0.25, 0.3) is 0 Å². The van der Waals surface area contributed by atoms with Gasteiger partial charge in [-0.3, -0.25) is 4.79 Å². The van der Waals surface area contributed by atoms with Crippen molar-refractivity contribution in [3.63, 3.8) is 0 Å². The summed E-state index contributed by atoms with van der Waals surface area (Å²) in [6, 6.07) is 29.0. The topological polar surface area (TPSA) is 78.9 Å². The fourth-order valence-electron chi connectivity index (χ4n) is 3.18. The van der Waals surface area contributed by atoms with Gasteiger partial charge in [0, 0.05) is 10.0 Å². The number of Topliss-reactive ketones (excluding diaryl/α,β-unsaturated/α-hetero) is 1. The minimum Gasteiger partial charge on any atom is -0.489 e. The highest BCUT2D eigenvalue weighted by Gasteiger charge is 2.13. The SMILES string of the molecule is O=C(COC(=O)c1ccc(COc2ccc(Br)cc2)cc1)c1ccc(OC(=O)c2ccccc2)cc1. The van der Waals surface area contributed by atoms with Crippen LogP contribution in [0, 0.1) is 0 Å². The van der Waals surface area contributed by atoms with Gasteiger partial charge in [0.1, 0.15) is 18.1 Å². The molecule has 4 aromatic rings. The molecule has 4 aromatic carbocycles. The first-order chi connectivity index (χ1) is 17.5. The lowest BCUT2D eigenvalue weighted by Crippen LogP contribution is -2.14. The molecule has 0 aliphatic rings. The fraction of sp³-hybridized carbons (Fsp3) is 0.0690. The van der Waals surface area contributed by atoms with Crippen LogP contribution in [0.15, 0.2) is 108 Å². The summed E-state index contributed by atoms with van der Waals surface area (Å²) in [4.78, 5) is 36.9. The monoisotopic (exact) mass is 544 g/mol. The molecule has 36 heavy (non-hydrogen) atoms. The Morgan fingerprint density at radius 3 is 1.86 bits per heavy atom. The summed E-state index contributed by atoms with van der Waals surface area (Å²) in [6.45, 7) is -0.0531. The van der Waals surface area contributed by atoms with Gasteiger partial charge in [-0.25, -0.2) is 9.59 Å². The van der Waals surface area contributed by atoms with Gasteiger partial charge < -0.3 is 14.2 Å². The highest BCUT2D eigenvalue weighted by Crippen LogP contribution is 2.18. The molecule has 0 aliphatic carbocycles. The first-order valence-electron chi connectivity index (χ1n) is 11.0. The zero-order valence-corrected chi connectivity index (χ0v) is 20.6. The number of ether oxygens (including phenoxy) is 3. The lowest BCUT2D eigenvalue weighted by molar-refractivity contribution is 0.0474. The third-order valence-corrected chi connectivity index (χ3v) is 5.67. The molecular weight excluding hydrogens is 524 g/mol. The summed E-state index contributed by atoms with van der Waals surface area (Å²) in [6.07, 6.45) is 0. The zero-order chi connectivity index (χ0) is 25.3. The van der Waals surface area contributed by atoms with Crippen LogP contribution in [0.1, 0.15) is 36.6 Å². The molecule has 0 fully saturated rings. The Kier molecular flexibility index (Phi) is 8.26. The van der Waals surface area contributed by atoms with Crippen molar-refractivity contribution in [2.75, 3.05) is 6.61 Å². The maximum absolute atomic E-state index is 12.4. The van der Waals surface area contributed by atoms with Crippen molar-refractivity contribution < 1.29 is 28.6 Å². The molecule has 0 radical (unpaired) electrons. The number of carbonyl (C=O) groups excluding carboxylic acids is 3. The molecule has 0 N–H and O–H groups in total. The molecule has 0 spiro atoms. The molecule has 0 amide bonds. The van der Waals surface area contributed by atoms with Crippen molar-refractivity contribution in [1.29, 1.82) is 0 Å².